The Morgan fingerprint density at radius 3 is 2.70 bits per heavy atom. The maximum Gasteiger partial charge on any atom is 0.227 e. The van der Waals surface area contributed by atoms with E-state index in [0.717, 1.165) is 25.8 Å². The third kappa shape index (κ3) is 3.05. The molecule has 20 heavy (non-hydrogen) atoms. The first kappa shape index (κ1) is 13.7. The monoisotopic (exact) mass is 271 g/mol. The first-order valence-corrected chi connectivity index (χ1v) is 8.20. The van der Waals surface area contributed by atoms with Crippen LogP contribution in [0.15, 0.2) is 24.3 Å². The topological polar surface area (TPSA) is 29.1 Å². The molecular formula is C18H25NO. The highest BCUT2D eigenvalue weighted by Crippen LogP contribution is 2.31. The normalized spacial score (nSPS) is 23.1. The van der Waals surface area contributed by atoms with Gasteiger partial charge >= 0.3 is 0 Å². The van der Waals surface area contributed by atoms with Crippen molar-refractivity contribution in [2.45, 2.75) is 57.3 Å². The van der Waals surface area contributed by atoms with Gasteiger partial charge in [-0.05, 0) is 49.1 Å². The van der Waals surface area contributed by atoms with Crippen LogP contribution < -0.4 is 5.32 Å². The van der Waals surface area contributed by atoms with E-state index in [1.807, 2.05) is 0 Å². The zero-order valence-electron chi connectivity index (χ0n) is 12.2. The van der Waals surface area contributed by atoms with Crippen molar-refractivity contribution in [2.24, 2.45) is 5.92 Å². The van der Waals surface area contributed by atoms with Gasteiger partial charge in [0.1, 0.15) is 0 Å². The van der Waals surface area contributed by atoms with Gasteiger partial charge in [0, 0.05) is 6.54 Å². The number of carbonyl (C=O) groups excluding carboxylic acids is 1. The maximum atomic E-state index is 12.5. The van der Waals surface area contributed by atoms with Gasteiger partial charge in [0.25, 0.3) is 0 Å². The van der Waals surface area contributed by atoms with Crippen molar-refractivity contribution in [3.05, 3.63) is 35.4 Å². The van der Waals surface area contributed by atoms with E-state index in [1.165, 1.54) is 43.2 Å². The Bertz CT molecular complexity index is 462. The average molecular weight is 271 g/mol. The highest BCUT2D eigenvalue weighted by Gasteiger charge is 2.26. The van der Waals surface area contributed by atoms with E-state index in [-0.39, 0.29) is 11.8 Å². The quantitative estimate of drug-likeness (QED) is 0.890. The molecule has 0 heterocycles. The minimum Gasteiger partial charge on any atom is -0.355 e. The molecule has 1 amide bonds. The fraction of sp³-hybridized carbons (Fsp3) is 0.611. The van der Waals surface area contributed by atoms with Gasteiger partial charge in [-0.2, -0.15) is 0 Å². The van der Waals surface area contributed by atoms with Gasteiger partial charge in [0.15, 0.2) is 0 Å². The van der Waals surface area contributed by atoms with Crippen molar-refractivity contribution in [3.63, 3.8) is 0 Å². The molecule has 1 fully saturated rings. The van der Waals surface area contributed by atoms with Gasteiger partial charge < -0.3 is 5.32 Å². The largest absolute Gasteiger partial charge is 0.355 e. The molecule has 0 aliphatic heterocycles. The minimum atomic E-state index is 0.0866. The Kier molecular flexibility index (Phi) is 4.39. The molecule has 1 aromatic carbocycles. The first-order chi connectivity index (χ1) is 9.84. The lowest BCUT2D eigenvalue weighted by atomic mass is 9.82. The van der Waals surface area contributed by atoms with Crippen molar-refractivity contribution in [1.29, 1.82) is 0 Å². The van der Waals surface area contributed by atoms with Crippen LogP contribution in [-0.2, 0) is 11.2 Å². The minimum absolute atomic E-state index is 0.0866. The lowest BCUT2D eigenvalue weighted by molar-refractivity contribution is -0.123. The average Bonchev–Trinajstić information content (AvgIpc) is 2.53. The summed E-state index contributed by atoms with van der Waals surface area (Å²) in [5.74, 6) is 1.05. The molecule has 1 saturated carbocycles. The van der Waals surface area contributed by atoms with Crippen molar-refractivity contribution < 1.29 is 4.79 Å². The summed E-state index contributed by atoms with van der Waals surface area (Å²) in [6.07, 6.45) is 9.91. The molecular weight excluding hydrogens is 246 g/mol. The Balaban J connectivity index is 1.60. The summed E-state index contributed by atoms with van der Waals surface area (Å²) in [4.78, 5) is 12.5. The van der Waals surface area contributed by atoms with Gasteiger partial charge in [-0.3, -0.25) is 4.79 Å². The van der Waals surface area contributed by atoms with Crippen LogP contribution in [0.25, 0.3) is 0 Å². The number of hydrogen-bond donors (Lipinski definition) is 1. The van der Waals surface area contributed by atoms with Gasteiger partial charge in [0.2, 0.25) is 5.91 Å². The van der Waals surface area contributed by atoms with E-state index < -0.39 is 0 Å². The second-order valence-electron chi connectivity index (χ2n) is 6.39. The second-order valence-corrected chi connectivity index (χ2v) is 6.39. The zero-order chi connectivity index (χ0) is 13.8. The predicted molar refractivity (Wildman–Crippen MR) is 81.7 cm³/mol. The van der Waals surface area contributed by atoms with Crippen LogP contribution in [0.3, 0.4) is 0 Å². The molecule has 2 nitrogen and oxygen atoms in total. The standard InChI is InChI=1S/C18H25NO/c20-18(19-13-14-7-2-1-3-8-14)17-12-6-10-15-9-4-5-11-16(15)17/h4-5,9,11,14,17H,1-3,6-8,10,12-13H2,(H,19,20)/t17-/m0/s1. The molecule has 3 rings (SSSR count). The second kappa shape index (κ2) is 6.43. The molecule has 1 atom stereocenters. The summed E-state index contributed by atoms with van der Waals surface area (Å²) >= 11 is 0. The van der Waals surface area contributed by atoms with Crippen LogP contribution in [0.4, 0.5) is 0 Å². The Hall–Kier alpha value is -1.31. The molecule has 0 saturated heterocycles. The molecule has 0 aromatic heterocycles. The summed E-state index contributed by atoms with van der Waals surface area (Å²) in [6.45, 7) is 0.886. The number of rotatable bonds is 3. The van der Waals surface area contributed by atoms with E-state index in [9.17, 15) is 4.79 Å². The number of aryl methyl sites for hydroxylation is 1. The molecule has 2 aliphatic carbocycles. The molecule has 2 aliphatic rings. The number of nitrogens with one attached hydrogen (secondary N) is 1. The molecule has 2 heteroatoms. The van der Waals surface area contributed by atoms with Crippen LogP contribution in [0.5, 0.6) is 0 Å². The third-order valence-electron chi connectivity index (χ3n) is 4.98. The summed E-state index contributed by atoms with van der Waals surface area (Å²) in [6, 6.07) is 8.46. The molecule has 0 unspecified atom stereocenters. The SMILES string of the molecule is O=C(NCC1CCCCC1)[C@H]1CCCc2ccccc21. The Morgan fingerprint density at radius 1 is 1.05 bits per heavy atom. The predicted octanol–water partition coefficient (Wildman–Crippen LogP) is 3.80. The Morgan fingerprint density at radius 2 is 1.85 bits per heavy atom. The zero-order valence-corrected chi connectivity index (χ0v) is 12.2. The van der Waals surface area contributed by atoms with E-state index in [1.54, 1.807) is 0 Å². The van der Waals surface area contributed by atoms with Crippen LogP contribution in [0, 0.1) is 5.92 Å². The van der Waals surface area contributed by atoms with E-state index in [4.69, 9.17) is 0 Å². The number of amides is 1. The number of fused-ring (bicyclic) bond motifs is 1. The van der Waals surface area contributed by atoms with Crippen molar-refractivity contribution in [3.8, 4) is 0 Å². The van der Waals surface area contributed by atoms with E-state index in [2.05, 4.69) is 29.6 Å². The number of carbonyl (C=O) groups is 1. The van der Waals surface area contributed by atoms with Crippen LogP contribution in [0.1, 0.15) is 62.0 Å². The lowest BCUT2D eigenvalue weighted by Crippen LogP contribution is -2.35. The fourth-order valence-corrected chi connectivity index (χ4v) is 3.79. The first-order valence-electron chi connectivity index (χ1n) is 8.20. The highest BCUT2D eigenvalue weighted by molar-refractivity contribution is 5.84. The van der Waals surface area contributed by atoms with E-state index in [0.29, 0.717) is 5.92 Å². The smallest absolute Gasteiger partial charge is 0.227 e. The van der Waals surface area contributed by atoms with Crippen molar-refractivity contribution >= 4 is 5.91 Å². The van der Waals surface area contributed by atoms with Gasteiger partial charge in [0.05, 0.1) is 5.92 Å². The van der Waals surface area contributed by atoms with Gasteiger partial charge in [-0.15, -0.1) is 0 Å². The van der Waals surface area contributed by atoms with Crippen LogP contribution in [-0.4, -0.2) is 12.5 Å². The summed E-state index contributed by atoms with van der Waals surface area (Å²) < 4.78 is 0. The highest BCUT2D eigenvalue weighted by atomic mass is 16.1. The lowest BCUT2D eigenvalue weighted by Gasteiger charge is -2.26. The molecule has 0 bridgehead atoms. The van der Waals surface area contributed by atoms with Crippen molar-refractivity contribution in [1.82, 2.24) is 5.32 Å². The van der Waals surface area contributed by atoms with E-state index >= 15 is 0 Å². The summed E-state index contributed by atoms with van der Waals surface area (Å²) in [5.41, 5.74) is 2.64. The van der Waals surface area contributed by atoms with Crippen molar-refractivity contribution in [2.75, 3.05) is 6.54 Å². The summed E-state index contributed by atoms with van der Waals surface area (Å²) in [7, 11) is 0. The molecule has 0 spiro atoms. The molecule has 1 aromatic rings. The third-order valence-corrected chi connectivity index (χ3v) is 4.98. The van der Waals surface area contributed by atoms with Gasteiger partial charge in [-0.25, -0.2) is 0 Å². The summed E-state index contributed by atoms with van der Waals surface area (Å²) in [5, 5.41) is 3.22. The fourth-order valence-electron chi connectivity index (χ4n) is 3.79. The Labute approximate surface area is 122 Å². The maximum absolute atomic E-state index is 12.5. The van der Waals surface area contributed by atoms with Crippen LogP contribution in [0.2, 0.25) is 0 Å². The molecule has 108 valence electrons. The number of hydrogen-bond acceptors (Lipinski definition) is 1. The van der Waals surface area contributed by atoms with Crippen LogP contribution >= 0.6 is 0 Å². The number of benzene rings is 1. The molecule has 1 N–H and O–H groups in total. The molecule has 0 radical (unpaired) electrons. The van der Waals surface area contributed by atoms with Gasteiger partial charge in [-0.1, -0.05) is 43.5 Å².